The van der Waals surface area contributed by atoms with E-state index in [1.807, 2.05) is 80.2 Å². The highest BCUT2D eigenvalue weighted by molar-refractivity contribution is 7.17. The standard InChI is InChI=1S/2C33H21NOS/c2*35-33-32-27(20-21-36-32)29(23-14-6-2-7-15-23)31-26-19-11-10-18-25(26)28(22-12-4-1-5-13-22)30(34(31)33)24-16-8-3-9-17-24/h2*1-21H. The van der Waals surface area contributed by atoms with Crippen LogP contribution in [0.4, 0.5) is 0 Å². The minimum atomic E-state index is 0.0245. The van der Waals surface area contributed by atoms with E-state index in [0.29, 0.717) is 0 Å². The van der Waals surface area contributed by atoms with Crippen LogP contribution in [0.1, 0.15) is 0 Å². The van der Waals surface area contributed by atoms with E-state index in [0.717, 1.165) is 120 Å². The van der Waals surface area contributed by atoms with Crippen molar-refractivity contribution in [1.82, 2.24) is 8.80 Å². The number of pyridine rings is 4. The third-order valence-corrected chi connectivity index (χ3v) is 15.6. The summed E-state index contributed by atoms with van der Waals surface area (Å²) in [4.78, 5) is 28.7. The summed E-state index contributed by atoms with van der Waals surface area (Å²) in [6, 6.07) is 83.4. The molecule has 0 saturated carbocycles. The van der Waals surface area contributed by atoms with Gasteiger partial charge in [-0.05, 0) is 67.0 Å². The predicted molar refractivity (Wildman–Crippen MR) is 306 cm³/mol. The van der Waals surface area contributed by atoms with Gasteiger partial charge in [-0.1, -0.05) is 231 Å². The van der Waals surface area contributed by atoms with Crippen LogP contribution in [0.5, 0.6) is 0 Å². The van der Waals surface area contributed by atoms with E-state index in [1.54, 1.807) is 0 Å². The van der Waals surface area contributed by atoms with Crippen molar-refractivity contribution in [3.05, 3.63) is 274 Å². The SMILES string of the molecule is O=c1c2sccc2c(-c2ccccc2)c2c3ccccc3c(-c3ccccc3)c(-c3ccccc3)n12.O=c1c2sccc2c(-c2ccccc2)c2c3ccccc3c(-c3ccccc3)c(-c3ccccc3)n12. The summed E-state index contributed by atoms with van der Waals surface area (Å²) in [5.74, 6) is 0. The van der Waals surface area contributed by atoms with Crippen molar-refractivity contribution in [2.24, 2.45) is 0 Å². The smallest absolute Gasteiger partial charge is 0.273 e. The third-order valence-electron chi connectivity index (χ3n) is 13.8. The molecule has 14 aromatic rings. The lowest BCUT2D eigenvalue weighted by molar-refractivity contribution is 1.14. The van der Waals surface area contributed by atoms with Gasteiger partial charge in [0.15, 0.2) is 0 Å². The number of thiophene rings is 2. The molecule has 0 fully saturated rings. The van der Waals surface area contributed by atoms with Gasteiger partial charge in [0.2, 0.25) is 0 Å². The average Bonchev–Trinajstić information content (AvgIpc) is 4.16. The molecule has 72 heavy (non-hydrogen) atoms. The second kappa shape index (κ2) is 18.1. The maximum absolute atomic E-state index is 14.3. The van der Waals surface area contributed by atoms with Crippen molar-refractivity contribution in [2.45, 2.75) is 0 Å². The van der Waals surface area contributed by atoms with Crippen LogP contribution in [-0.4, -0.2) is 8.80 Å². The molecule has 0 radical (unpaired) electrons. The molecule has 0 aliphatic heterocycles. The number of fused-ring (bicyclic) bond motifs is 8. The molecule has 0 bridgehead atoms. The Labute approximate surface area is 422 Å². The molecule has 14 rings (SSSR count). The molecule has 0 aliphatic rings. The maximum Gasteiger partial charge on any atom is 0.273 e. The fraction of sp³-hybridized carbons (Fsp3) is 0. The van der Waals surface area contributed by atoms with Crippen LogP contribution in [0.25, 0.3) is 120 Å². The summed E-state index contributed by atoms with van der Waals surface area (Å²) in [6.45, 7) is 0. The van der Waals surface area contributed by atoms with Crippen molar-refractivity contribution >= 4 is 75.4 Å². The Morgan fingerprint density at radius 3 is 0.833 bits per heavy atom. The summed E-state index contributed by atoms with van der Waals surface area (Å²) in [7, 11) is 0. The van der Waals surface area contributed by atoms with Crippen LogP contribution in [0.3, 0.4) is 0 Å². The number of benzene rings is 8. The van der Waals surface area contributed by atoms with Gasteiger partial charge in [0.1, 0.15) is 9.40 Å². The van der Waals surface area contributed by atoms with Crippen molar-refractivity contribution in [3.63, 3.8) is 0 Å². The lowest BCUT2D eigenvalue weighted by atomic mass is 9.90. The first kappa shape index (κ1) is 43.1. The molecule has 0 unspecified atom stereocenters. The van der Waals surface area contributed by atoms with Gasteiger partial charge in [-0.3, -0.25) is 18.4 Å². The lowest BCUT2D eigenvalue weighted by Crippen LogP contribution is -2.17. The molecule has 6 aromatic heterocycles. The fourth-order valence-electron chi connectivity index (χ4n) is 10.8. The molecule has 6 heterocycles. The topological polar surface area (TPSA) is 43.0 Å². The second-order valence-corrected chi connectivity index (χ2v) is 19.6. The Morgan fingerprint density at radius 2 is 0.514 bits per heavy atom. The molecule has 4 nitrogen and oxygen atoms in total. The number of hydrogen-bond donors (Lipinski definition) is 0. The Bertz CT molecular complexity index is 4160. The summed E-state index contributed by atoms with van der Waals surface area (Å²) in [6.07, 6.45) is 0. The van der Waals surface area contributed by atoms with Gasteiger partial charge in [-0.25, -0.2) is 0 Å². The van der Waals surface area contributed by atoms with Crippen molar-refractivity contribution in [3.8, 4) is 67.0 Å². The zero-order chi connectivity index (χ0) is 48.1. The van der Waals surface area contributed by atoms with Gasteiger partial charge < -0.3 is 0 Å². The van der Waals surface area contributed by atoms with Gasteiger partial charge in [-0.2, -0.15) is 0 Å². The Balaban J connectivity index is 0.000000140. The molecule has 340 valence electrons. The van der Waals surface area contributed by atoms with E-state index < -0.39 is 0 Å². The summed E-state index contributed by atoms with van der Waals surface area (Å²) >= 11 is 3.03. The summed E-state index contributed by atoms with van der Waals surface area (Å²) in [5, 5.41) is 10.5. The fourth-order valence-corrected chi connectivity index (χ4v) is 12.4. The zero-order valence-electron chi connectivity index (χ0n) is 38.8. The van der Waals surface area contributed by atoms with E-state index >= 15 is 0 Å². The third kappa shape index (κ3) is 7.03. The molecular weight excluding hydrogens is 917 g/mol. The normalized spacial score (nSPS) is 11.4. The predicted octanol–water partition coefficient (Wildman–Crippen LogP) is 17.3. The van der Waals surface area contributed by atoms with Crippen LogP contribution < -0.4 is 11.1 Å². The zero-order valence-corrected chi connectivity index (χ0v) is 40.4. The first-order valence-corrected chi connectivity index (χ1v) is 25.8. The highest BCUT2D eigenvalue weighted by Gasteiger charge is 2.26. The first-order chi connectivity index (χ1) is 35.7. The minimum absolute atomic E-state index is 0.0245. The van der Waals surface area contributed by atoms with E-state index in [2.05, 4.69) is 182 Å². The lowest BCUT2D eigenvalue weighted by Gasteiger charge is -2.21. The Kier molecular flexibility index (Phi) is 10.8. The van der Waals surface area contributed by atoms with E-state index in [9.17, 15) is 9.59 Å². The van der Waals surface area contributed by atoms with Gasteiger partial charge in [0.05, 0.1) is 22.4 Å². The second-order valence-electron chi connectivity index (χ2n) is 17.8. The Morgan fingerprint density at radius 1 is 0.250 bits per heavy atom. The molecule has 0 spiro atoms. The molecular formula is C66H42N2O2S2. The molecule has 0 atom stereocenters. The monoisotopic (exact) mass is 958 g/mol. The molecule has 0 N–H and O–H groups in total. The number of nitrogens with zero attached hydrogens (tertiary/aromatic N) is 2. The molecule has 0 amide bonds. The van der Waals surface area contributed by atoms with Crippen LogP contribution in [-0.2, 0) is 0 Å². The number of hydrogen-bond acceptors (Lipinski definition) is 4. The quantitative estimate of drug-likeness (QED) is 0.156. The molecule has 8 aromatic carbocycles. The first-order valence-electron chi connectivity index (χ1n) is 24.0. The van der Waals surface area contributed by atoms with Crippen LogP contribution in [0, 0.1) is 0 Å². The molecule has 6 heteroatoms. The van der Waals surface area contributed by atoms with Crippen LogP contribution >= 0.6 is 22.7 Å². The largest absolute Gasteiger partial charge is 0.274 e. The molecule has 0 aliphatic carbocycles. The van der Waals surface area contributed by atoms with E-state index in [1.165, 1.54) is 22.7 Å². The van der Waals surface area contributed by atoms with Crippen molar-refractivity contribution in [1.29, 1.82) is 0 Å². The maximum atomic E-state index is 14.3. The summed E-state index contributed by atoms with van der Waals surface area (Å²) in [5.41, 5.74) is 14.6. The van der Waals surface area contributed by atoms with E-state index in [-0.39, 0.29) is 11.1 Å². The molecule has 0 saturated heterocycles. The number of rotatable bonds is 6. The van der Waals surface area contributed by atoms with E-state index in [4.69, 9.17) is 0 Å². The van der Waals surface area contributed by atoms with Crippen molar-refractivity contribution in [2.75, 3.05) is 0 Å². The van der Waals surface area contributed by atoms with Crippen LogP contribution in [0.2, 0.25) is 0 Å². The Hall–Kier alpha value is -8.94. The van der Waals surface area contributed by atoms with Gasteiger partial charge in [0, 0.05) is 43.8 Å². The number of aromatic nitrogens is 2. The highest BCUT2D eigenvalue weighted by Crippen LogP contribution is 2.46. The van der Waals surface area contributed by atoms with Gasteiger partial charge >= 0.3 is 0 Å². The van der Waals surface area contributed by atoms with Gasteiger partial charge in [0.25, 0.3) is 11.1 Å². The van der Waals surface area contributed by atoms with Crippen molar-refractivity contribution < 1.29 is 0 Å². The van der Waals surface area contributed by atoms with Crippen LogP contribution in [0.15, 0.2) is 263 Å². The minimum Gasteiger partial charge on any atom is -0.274 e. The van der Waals surface area contributed by atoms with Gasteiger partial charge in [-0.15, -0.1) is 22.7 Å². The summed E-state index contributed by atoms with van der Waals surface area (Å²) < 4.78 is 5.50. The average molecular weight is 959 g/mol. The highest BCUT2D eigenvalue weighted by atomic mass is 32.1.